The third kappa shape index (κ3) is 3.80. The van der Waals surface area contributed by atoms with Crippen LogP contribution in [0, 0.1) is 6.92 Å². The Bertz CT molecular complexity index is 425. The van der Waals surface area contributed by atoms with Crippen LogP contribution < -0.4 is 10.2 Å². The lowest BCUT2D eigenvalue weighted by Gasteiger charge is -2.25. The van der Waals surface area contributed by atoms with Gasteiger partial charge >= 0.3 is 0 Å². The maximum absolute atomic E-state index is 12.2. The Morgan fingerprint density at radius 1 is 1.37 bits per heavy atom. The first-order valence-electron chi connectivity index (χ1n) is 7.24. The van der Waals surface area contributed by atoms with E-state index in [0.29, 0.717) is 12.5 Å². The van der Waals surface area contributed by atoms with Gasteiger partial charge in [0, 0.05) is 25.2 Å². The Labute approximate surface area is 116 Å². The minimum absolute atomic E-state index is 0.210. The predicted octanol–water partition coefficient (Wildman–Crippen LogP) is 2.88. The third-order valence-corrected chi connectivity index (χ3v) is 3.97. The summed E-state index contributed by atoms with van der Waals surface area (Å²) in [6.07, 6.45) is 5.35. The van der Waals surface area contributed by atoms with Crippen LogP contribution in [0.3, 0.4) is 0 Å². The van der Waals surface area contributed by atoms with Crippen LogP contribution >= 0.6 is 0 Å². The summed E-state index contributed by atoms with van der Waals surface area (Å²) in [5.74, 6) is 0.210. The van der Waals surface area contributed by atoms with E-state index < -0.39 is 0 Å². The number of anilines is 1. The summed E-state index contributed by atoms with van der Waals surface area (Å²) in [6, 6.07) is 8.56. The smallest absolute Gasteiger partial charge is 0.226 e. The summed E-state index contributed by atoms with van der Waals surface area (Å²) in [7, 11) is 1.87. The molecule has 0 aliphatic carbocycles. The third-order valence-electron chi connectivity index (χ3n) is 3.97. The van der Waals surface area contributed by atoms with E-state index in [4.69, 9.17) is 0 Å². The number of para-hydroxylation sites is 1. The molecule has 0 radical (unpaired) electrons. The molecular formula is C16H24N2O. The first-order valence-corrected chi connectivity index (χ1v) is 7.24. The molecule has 0 aromatic heterocycles. The Morgan fingerprint density at radius 3 is 2.84 bits per heavy atom. The molecule has 1 aliphatic heterocycles. The minimum Gasteiger partial charge on any atom is -0.315 e. The fourth-order valence-corrected chi connectivity index (χ4v) is 2.71. The first-order chi connectivity index (χ1) is 9.18. The largest absolute Gasteiger partial charge is 0.315 e. The molecule has 3 heteroatoms. The number of piperidine rings is 1. The second-order valence-electron chi connectivity index (χ2n) is 5.42. The molecule has 1 aromatic rings. The summed E-state index contributed by atoms with van der Waals surface area (Å²) in [4.78, 5) is 14.0. The van der Waals surface area contributed by atoms with Gasteiger partial charge in [-0.2, -0.15) is 0 Å². The van der Waals surface area contributed by atoms with Gasteiger partial charge in [-0.05, 0) is 44.4 Å². The molecule has 1 aliphatic rings. The van der Waals surface area contributed by atoms with E-state index in [9.17, 15) is 4.79 Å². The van der Waals surface area contributed by atoms with E-state index in [1.54, 1.807) is 4.90 Å². The van der Waals surface area contributed by atoms with Crippen LogP contribution in [0.2, 0.25) is 0 Å². The van der Waals surface area contributed by atoms with Crippen molar-refractivity contribution in [3.8, 4) is 0 Å². The number of rotatable bonds is 4. The maximum Gasteiger partial charge on any atom is 0.226 e. The topological polar surface area (TPSA) is 32.3 Å². The molecule has 1 unspecified atom stereocenters. The van der Waals surface area contributed by atoms with Crippen molar-refractivity contribution in [3.63, 3.8) is 0 Å². The maximum atomic E-state index is 12.2. The molecule has 1 N–H and O–H groups in total. The van der Waals surface area contributed by atoms with E-state index in [-0.39, 0.29) is 5.91 Å². The summed E-state index contributed by atoms with van der Waals surface area (Å²) in [5.41, 5.74) is 2.17. The molecule has 1 fully saturated rings. The molecule has 0 saturated carbocycles. The lowest BCUT2D eigenvalue weighted by Crippen LogP contribution is -2.35. The summed E-state index contributed by atoms with van der Waals surface area (Å²) >= 11 is 0. The minimum atomic E-state index is 0.210. The standard InChI is InChI=1S/C16H24N2O/c1-13-7-3-4-9-15(13)18(2)16(19)11-10-14-8-5-6-12-17-14/h3-4,7,9,14,17H,5-6,8,10-12H2,1-2H3. The molecule has 2 rings (SSSR count). The van der Waals surface area contributed by atoms with Crippen molar-refractivity contribution < 1.29 is 4.79 Å². The van der Waals surface area contributed by atoms with Gasteiger partial charge in [-0.3, -0.25) is 4.79 Å². The molecule has 1 atom stereocenters. The number of nitrogens with zero attached hydrogens (tertiary/aromatic N) is 1. The highest BCUT2D eigenvalue weighted by molar-refractivity contribution is 5.93. The van der Waals surface area contributed by atoms with Crippen molar-refractivity contribution in [3.05, 3.63) is 29.8 Å². The van der Waals surface area contributed by atoms with E-state index in [1.807, 2.05) is 38.2 Å². The van der Waals surface area contributed by atoms with Crippen LogP contribution in [0.15, 0.2) is 24.3 Å². The molecule has 0 bridgehead atoms. The lowest BCUT2D eigenvalue weighted by molar-refractivity contribution is -0.118. The number of amides is 1. The Hall–Kier alpha value is -1.35. The number of nitrogens with one attached hydrogen (secondary N) is 1. The Balaban J connectivity index is 1.87. The first kappa shape index (κ1) is 14.1. The summed E-state index contributed by atoms with van der Waals surface area (Å²) in [5, 5.41) is 3.49. The van der Waals surface area contributed by atoms with Gasteiger partial charge < -0.3 is 10.2 Å². The van der Waals surface area contributed by atoms with Gasteiger partial charge in [-0.15, -0.1) is 0 Å². The number of aryl methyl sites for hydroxylation is 1. The monoisotopic (exact) mass is 260 g/mol. The van der Waals surface area contributed by atoms with Gasteiger partial charge in [0.15, 0.2) is 0 Å². The number of carbonyl (C=O) groups is 1. The van der Waals surface area contributed by atoms with Crippen LogP contribution in [0.4, 0.5) is 5.69 Å². The summed E-state index contributed by atoms with van der Waals surface area (Å²) in [6.45, 7) is 3.15. The molecule has 19 heavy (non-hydrogen) atoms. The van der Waals surface area contributed by atoms with Crippen LogP contribution in [0.5, 0.6) is 0 Å². The van der Waals surface area contributed by atoms with Crippen molar-refractivity contribution in [1.29, 1.82) is 0 Å². The van der Waals surface area contributed by atoms with Crippen molar-refractivity contribution in [2.24, 2.45) is 0 Å². The van der Waals surface area contributed by atoms with Gasteiger partial charge in [0.25, 0.3) is 0 Å². The van der Waals surface area contributed by atoms with Gasteiger partial charge in [0.05, 0.1) is 0 Å². The van der Waals surface area contributed by atoms with Crippen LogP contribution in [-0.2, 0) is 4.79 Å². The van der Waals surface area contributed by atoms with Gasteiger partial charge in [-0.25, -0.2) is 0 Å². The zero-order valence-electron chi connectivity index (χ0n) is 12.0. The van der Waals surface area contributed by atoms with E-state index in [1.165, 1.54) is 19.3 Å². The molecule has 1 amide bonds. The molecule has 1 heterocycles. The second kappa shape index (κ2) is 6.71. The zero-order chi connectivity index (χ0) is 13.7. The van der Waals surface area contributed by atoms with Crippen LogP contribution in [0.25, 0.3) is 0 Å². The molecule has 1 aromatic carbocycles. The second-order valence-corrected chi connectivity index (χ2v) is 5.42. The number of hydrogen-bond acceptors (Lipinski definition) is 2. The van der Waals surface area contributed by atoms with Crippen LogP contribution in [-0.4, -0.2) is 25.5 Å². The summed E-state index contributed by atoms with van der Waals surface area (Å²) < 4.78 is 0. The average Bonchev–Trinajstić information content (AvgIpc) is 2.45. The van der Waals surface area contributed by atoms with Crippen LogP contribution in [0.1, 0.15) is 37.7 Å². The average molecular weight is 260 g/mol. The predicted molar refractivity (Wildman–Crippen MR) is 79.5 cm³/mol. The SMILES string of the molecule is Cc1ccccc1N(C)C(=O)CCC1CCCCN1. The van der Waals surface area contributed by atoms with E-state index in [2.05, 4.69) is 5.32 Å². The van der Waals surface area contributed by atoms with Crippen molar-refractivity contribution in [1.82, 2.24) is 5.32 Å². The van der Waals surface area contributed by atoms with Gasteiger partial charge in [0.2, 0.25) is 5.91 Å². The Kier molecular flexibility index (Phi) is 4.97. The van der Waals surface area contributed by atoms with Gasteiger partial charge in [0.1, 0.15) is 0 Å². The van der Waals surface area contributed by atoms with Gasteiger partial charge in [-0.1, -0.05) is 24.6 Å². The highest BCUT2D eigenvalue weighted by Gasteiger charge is 2.17. The van der Waals surface area contributed by atoms with E-state index in [0.717, 1.165) is 24.2 Å². The molecule has 0 spiro atoms. The fraction of sp³-hybridized carbons (Fsp3) is 0.562. The molecule has 3 nitrogen and oxygen atoms in total. The highest BCUT2D eigenvalue weighted by Crippen LogP contribution is 2.20. The molecule has 1 saturated heterocycles. The van der Waals surface area contributed by atoms with Crippen molar-refractivity contribution >= 4 is 11.6 Å². The lowest BCUT2D eigenvalue weighted by atomic mass is 10.0. The normalized spacial score (nSPS) is 19.2. The van der Waals surface area contributed by atoms with Crippen molar-refractivity contribution in [2.45, 2.75) is 45.1 Å². The Morgan fingerprint density at radius 2 is 2.16 bits per heavy atom. The number of benzene rings is 1. The number of hydrogen-bond donors (Lipinski definition) is 1. The van der Waals surface area contributed by atoms with Crippen molar-refractivity contribution in [2.75, 3.05) is 18.5 Å². The molecule has 104 valence electrons. The van der Waals surface area contributed by atoms with E-state index >= 15 is 0 Å². The zero-order valence-corrected chi connectivity index (χ0v) is 12.0. The molecular weight excluding hydrogens is 236 g/mol. The quantitative estimate of drug-likeness (QED) is 0.903. The number of carbonyl (C=O) groups excluding carboxylic acids is 1. The highest BCUT2D eigenvalue weighted by atomic mass is 16.2. The fourth-order valence-electron chi connectivity index (χ4n) is 2.71.